The lowest BCUT2D eigenvalue weighted by molar-refractivity contribution is -0.162. The molecule has 4 aromatic carbocycles. The van der Waals surface area contributed by atoms with Crippen molar-refractivity contribution in [2.75, 3.05) is 110 Å². The molecule has 5 unspecified atom stereocenters. The van der Waals surface area contributed by atoms with Gasteiger partial charge in [-0.15, -0.1) is 12.8 Å². The van der Waals surface area contributed by atoms with Gasteiger partial charge in [-0.25, -0.2) is 35.9 Å². The second-order valence-electron chi connectivity index (χ2n) is 31.3. The lowest BCUT2D eigenvalue weighted by Crippen LogP contribution is -2.65. The number of esters is 1. The number of halogens is 6. The van der Waals surface area contributed by atoms with Gasteiger partial charge in [0, 0.05) is 107 Å². The Bertz CT molecular complexity index is 5170. The molecule has 8 fully saturated rings. The Balaban J connectivity index is 0.763. The number of aromatic nitrogens is 6. The summed E-state index contributed by atoms with van der Waals surface area (Å²) in [4.78, 5) is 79.8. The summed E-state index contributed by atoms with van der Waals surface area (Å²) in [6.07, 6.45) is 15.0. The molecule has 24 nitrogen and oxygen atoms in total. The van der Waals surface area contributed by atoms with Crippen LogP contribution >= 0.6 is 0 Å². The van der Waals surface area contributed by atoms with E-state index in [1.54, 1.807) is 30.6 Å². The molecular formula is C79H80F6N12O12. The van der Waals surface area contributed by atoms with Crippen LogP contribution in [0.1, 0.15) is 108 Å². The number of pyridine rings is 2. The molecule has 8 aliphatic rings. The number of aromatic hydroxyl groups is 2. The molecule has 8 saturated heterocycles. The van der Waals surface area contributed by atoms with E-state index in [1.807, 2.05) is 14.7 Å². The summed E-state index contributed by atoms with van der Waals surface area (Å²) in [6, 6.07) is 6.64. The van der Waals surface area contributed by atoms with Crippen LogP contribution in [0.15, 0.2) is 54.9 Å². The molecule has 0 spiro atoms. The van der Waals surface area contributed by atoms with Crippen LogP contribution in [0.5, 0.6) is 23.5 Å². The van der Waals surface area contributed by atoms with Crippen LogP contribution in [0, 0.1) is 53.4 Å². The van der Waals surface area contributed by atoms with Crippen LogP contribution in [-0.2, 0) is 28.5 Å². The van der Waals surface area contributed by atoms with Crippen molar-refractivity contribution < 1.29 is 84.1 Å². The van der Waals surface area contributed by atoms with Gasteiger partial charge in [0.2, 0.25) is 6.79 Å². The number of rotatable bonds is 17. The molecule has 0 radical (unpaired) electrons. The first-order chi connectivity index (χ1) is 52.3. The van der Waals surface area contributed by atoms with Gasteiger partial charge in [-0.05, 0) is 131 Å². The molecule has 109 heavy (non-hydrogen) atoms. The summed E-state index contributed by atoms with van der Waals surface area (Å²) in [6.45, 7) is 5.46. The fraction of sp³-hybridized carbons (Fsp3) is 0.481. The molecule has 16 rings (SSSR count). The van der Waals surface area contributed by atoms with Gasteiger partial charge in [-0.2, -0.15) is 19.9 Å². The van der Waals surface area contributed by atoms with Crippen molar-refractivity contribution in [3.8, 4) is 70.7 Å². The number of methoxy groups -OCH3 is 3. The van der Waals surface area contributed by atoms with Gasteiger partial charge in [-0.3, -0.25) is 34.4 Å². The number of hydrogen-bond acceptors (Lipinski definition) is 22. The van der Waals surface area contributed by atoms with Crippen molar-refractivity contribution in [3.63, 3.8) is 0 Å². The standard InChI is InChI=1S/C79H80F6N12O12/c1-9-49-57(82)13-12-42-22-47(98)24-53(60(42)49)64-62(84)66-55(29-86-64)69(92-33-45-14-18-78(35-92,37-103-6)96(45)73(101)105-8)91-72(89-66)107-40-77-20-16-59(95(77)32-44(81)28-77)51-26-58(83)50(10-2)61-52(51)23-48(99)25-54(61)65-63(85)67-56(30-87-65)68(90-71(88-67)106-39-76-17-11-21-94(76)31-43(80)27-76)93-34-46-15-19-79(36-93,38-104-7)97(46)74(102)109-41-108-70(100)75(3,4)5/h1-2,12-13,22-26,29-30,43-46,59,98-99H,11,14-21,27-28,31-41H2,3-8H3/t43-,44-,45?,46?,59?,76+,77+,78?,79?/m1/s1. The van der Waals surface area contributed by atoms with Crippen molar-refractivity contribution >= 4 is 73.1 Å². The van der Waals surface area contributed by atoms with Crippen molar-refractivity contribution in [2.45, 2.75) is 138 Å². The second-order valence-corrected chi connectivity index (χ2v) is 31.3. The quantitative estimate of drug-likeness (QED) is 0.0372. The van der Waals surface area contributed by atoms with Gasteiger partial charge in [0.05, 0.1) is 81.9 Å². The number of benzene rings is 4. The maximum Gasteiger partial charge on any atom is 0.413 e. The van der Waals surface area contributed by atoms with Gasteiger partial charge in [-0.1, -0.05) is 17.9 Å². The number of alkyl halides is 2. The molecule has 9 atom stereocenters. The summed E-state index contributed by atoms with van der Waals surface area (Å²) in [5, 5.41) is 23.8. The summed E-state index contributed by atoms with van der Waals surface area (Å²) in [5.41, 5.74) is -6.38. The normalized spacial score (nSPS) is 25.9. The summed E-state index contributed by atoms with van der Waals surface area (Å²) in [5.74, 6) is 0.226. The number of anilines is 2. The van der Waals surface area contributed by atoms with Crippen molar-refractivity contribution in [2.24, 2.45) is 5.41 Å². The number of fused-ring (bicyclic) bond motifs is 10. The Kier molecular flexibility index (Phi) is 18.3. The fourth-order valence-electron chi connectivity index (χ4n) is 19.2. The highest BCUT2D eigenvalue weighted by atomic mass is 19.2. The van der Waals surface area contributed by atoms with Crippen molar-refractivity contribution in [1.82, 2.24) is 49.5 Å². The van der Waals surface area contributed by atoms with E-state index in [0.29, 0.717) is 44.0 Å². The average molecular weight is 1500 g/mol. The lowest BCUT2D eigenvalue weighted by Gasteiger charge is -2.48. The van der Waals surface area contributed by atoms with E-state index < -0.39 is 118 Å². The molecule has 2 amide bonds. The van der Waals surface area contributed by atoms with Crippen LogP contribution in [0.25, 0.3) is 65.9 Å². The number of hydrogen-bond donors (Lipinski definition) is 2. The molecule has 12 heterocycles. The molecular weight excluding hydrogens is 1420 g/mol. The molecule has 8 aromatic rings. The summed E-state index contributed by atoms with van der Waals surface area (Å²) >= 11 is 0. The number of phenols is 2. The number of carbonyl (C=O) groups excluding carboxylic acids is 3. The third-order valence-corrected chi connectivity index (χ3v) is 23.7. The molecule has 8 aliphatic heterocycles. The Morgan fingerprint density at radius 2 is 1.17 bits per heavy atom. The molecule has 0 saturated carbocycles. The highest BCUT2D eigenvalue weighted by Gasteiger charge is 2.58. The van der Waals surface area contributed by atoms with Crippen LogP contribution in [0.3, 0.4) is 0 Å². The Labute approximate surface area is 622 Å². The van der Waals surface area contributed by atoms with E-state index in [0.717, 1.165) is 12.5 Å². The maximum atomic E-state index is 18.6. The van der Waals surface area contributed by atoms with E-state index in [1.165, 1.54) is 70.1 Å². The number of terminal acetylenes is 2. The largest absolute Gasteiger partial charge is 0.508 e. The van der Waals surface area contributed by atoms with Gasteiger partial charge in [0.1, 0.15) is 82.7 Å². The van der Waals surface area contributed by atoms with Crippen molar-refractivity contribution in [3.05, 3.63) is 94.8 Å². The molecule has 2 N–H and O–H groups in total. The summed E-state index contributed by atoms with van der Waals surface area (Å²) < 4.78 is 142. The van der Waals surface area contributed by atoms with Gasteiger partial charge in [0.25, 0.3) is 0 Å². The minimum absolute atomic E-state index is 0.00581. The number of carbonyl (C=O) groups is 3. The lowest BCUT2D eigenvalue weighted by atomic mass is 9.89. The Morgan fingerprint density at radius 3 is 1.75 bits per heavy atom. The van der Waals surface area contributed by atoms with E-state index in [2.05, 4.69) is 21.7 Å². The highest BCUT2D eigenvalue weighted by Crippen LogP contribution is 2.54. The van der Waals surface area contributed by atoms with Gasteiger partial charge >= 0.3 is 30.2 Å². The molecule has 4 bridgehead atoms. The van der Waals surface area contributed by atoms with Crippen LogP contribution in [0.4, 0.5) is 47.6 Å². The Hall–Kier alpha value is -10.3. The topological polar surface area (TPSA) is 253 Å². The third kappa shape index (κ3) is 12.1. The summed E-state index contributed by atoms with van der Waals surface area (Å²) in [7, 11) is 4.31. The first-order valence-electron chi connectivity index (χ1n) is 36.4. The van der Waals surface area contributed by atoms with Crippen LogP contribution < -0.4 is 19.3 Å². The maximum absolute atomic E-state index is 18.6. The zero-order valence-electron chi connectivity index (χ0n) is 60.9. The number of piperazine rings is 2. The average Bonchev–Trinajstić information content (AvgIpc) is 1.59. The number of amides is 2. The molecule has 0 aliphatic carbocycles. The van der Waals surface area contributed by atoms with Gasteiger partial charge in [0.15, 0.2) is 11.6 Å². The molecule has 30 heteroatoms. The van der Waals surface area contributed by atoms with Crippen LogP contribution in [-0.4, -0.2) is 225 Å². The number of nitrogens with zero attached hydrogens (tertiary/aromatic N) is 12. The van der Waals surface area contributed by atoms with E-state index in [4.69, 9.17) is 70.9 Å². The SMILES string of the molecule is C#Cc1c(F)ccc2cc(O)cc(-c3ncc4c(N5CC6CCC(COC)(C5)N6C(=O)OC)nc(OC[C@@]56CCC(c7cc(F)c(C#C)c8c(-c9ncc%10c(N%11CC%12CCC(COC)(C%11)N%12C(=O)OCOC(=O)C(C)(C)C)nc(OC[C@@]%11%12CCCN%11C[C@H](F)C%12)nc%10c9F)cc(O)cc78)N5C[C@H](F)C6)nc4c3F)c12. The van der Waals surface area contributed by atoms with Crippen LogP contribution in [0.2, 0.25) is 0 Å². The molecule has 4 aromatic heterocycles. The predicted molar refractivity (Wildman–Crippen MR) is 387 cm³/mol. The number of ether oxygens (including phenoxy) is 7. The zero-order chi connectivity index (χ0) is 76.5. The minimum Gasteiger partial charge on any atom is -0.508 e. The Morgan fingerprint density at radius 1 is 0.615 bits per heavy atom. The first kappa shape index (κ1) is 72.9. The fourth-order valence-corrected chi connectivity index (χ4v) is 19.2. The number of phenolic OH excluding ortho intramolecular Hbond substituents is 2. The smallest absolute Gasteiger partial charge is 0.413 e. The van der Waals surface area contributed by atoms with E-state index in [-0.39, 0.29) is 192 Å². The monoisotopic (exact) mass is 1500 g/mol. The van der Waals surface area contributed by atoms with E-state index >= 15 is 26.3 Å². The second kappa shape index (κ2) is 27.4. The van der Waals surface area contributed by atoms with Crippen molar-refractivity contribution in [1.29, 1.82) is 0 Å². The third-order valence-electron chi connectivity index (χ3n) is 23.7. The molecule has 570 valence electrons. The highest BCUT2D eigenvalue weighted by molar-refractivity contribution is 6.06. The first-order valence-corrected chi connectivity index (χ1v) is 36.4. The predicted octanol–water partition coefficient (Wildman–Crippen LogP) is 11.4. The van der Waals surface area contributed by atoms with Gasteiger partial charge < -0.3 is 53.2 Å². The van der Waals surface area contributed by atoms with E-state index in [9.17, 15) is 24.6 Å². The minimum atomic E-state index is -1.46. The zero-order valence-corrected chi connectivity index (χ0v) is 60.9.